The maximum absolute atomic E-state index is 5.80. The van der Waals surface area contributed by atoms with Crippen molar-refractivity contribution in [3.8, 4) is 22.6 Å². The fourth-order valence-electron chi connectivity index (χ4n) is 4.97. The molecule has 3 nitrogen and oxygen atoms in total. The van der Waals surface area contributed by atoms with Gasteiger partial charge < -0.3 is 4.74 Å². The Kier molecular flexibility index (Phi) is 13.8. The van der Waals surface area contributed by atoms with Crippen molar-refractivity contribution in [2.75, 3.05) is 0 Å². The molecule has 0 N–H and O–H groups in total. The third kappa shape index (κ3) is 10.9. The summed E-state index contributed by atoms with van der Waals surface area (Å²) in [6.45, 7) is 4.19. The van der Waals surface area contributed by atoms with Crippen LogP contribution in [0.4, 0.5) is 0 Å². The standard InChI is InChI=1S/C21H17Br2NO.C21H17Br2N/c1-15(20-12-9-17(22)13-21(20)23)24-14-16-7-10-19(11-8-16)25-18-5-3-2-4-6-18;1-15(19-12-11-18(22)13-21(19)23)24-14-17-9-5-6-10-20(17)16-7-3-2-4-8-16/h2-15H,1H3;2-15H,1H3/b2*24-14+. The molecular weight excluding hydrogens is 868 g/mol. The lowest BCUT2D eigenvalue weighted by molar-refractivity contribution is 0.482. The number of nitrogens with zero attached hydrogens (tertiary/aromatic N) is 2. The molecule has 0 amide bonds. The Morgan fingerprint density at radius 2 is 1.00 bits per heavy atom. The van der Waals surface area contributed by atoms with Crippen molar-refractivity contribution in [1.82, 2.24) is 0 Å². The fraction of sp³-hybridized carbons (Fsp3) is 0.0952. The largest absolute Gasteiger partial charge is 0.457 e. The Labute approximate surface area is 322 Å². The minimum absolute atomic E-state index is 0.0720. The van der Waals surface area contributed by atoms with Crippen LogP contribution in [0.2, 0.25) is 0 Å². The van der Waals surface area contributed by atoms with Crippen molar-refractivity contribution in [3.05, 3.63) is 186 Å². The monoisotopic (exact) mass is 898 g/mol. The number of hydrogen-bond acceptors (Lipinski definition) is 3. The van der Waals surface area contributed by atoms with Gasteiger partial charge in [0.2, 0.25) is 0 Å². The van der Waals surface area contributed by atoms with Crippen molar-refractivity contribution in [2.24, 2.45) is 9.98 Å². The average molecular weight is 902 g/mol. The van der Waals surface area contributed by atoms with Crippen molar-refractivity contribution in [2.45, 2.75) is 25.9 Å². The van der Waals surface area contributed by atoms with Crippen LogP contribution in [0.15, 0.2) is 173 Å². The third-order valence-corrected chi connectivity index (χ3v) is 9.97. The van der Waals surface area contributed by atoms with Gasteiger partial charge in [-0.25, -0.2) is 0 Å². The van der Waals surface area contributed by atoms with E-state index in [0.29, 0.717) is 0 Å². The first-order chi connectivity index (χ1) is 23.8. The molecule has 0 aliphatic heterocycles. The molecule has 0 saturated carbocycles. The number of benzene rings is 6. The molecule has 2 atom stereocenters. The molecule has 7 heteroatoms. The summed E-state index contributed by atoms with van der Waals surface area (Å²) in [7, 11) is 0. The molecule has 0 aromatic heterocycles. The van der Waals surface area contributed by atoms with Crippen LogP contribution in [-0.4, -0.2) is 12.4 Å². The summed E-state index contributed by atoms with van der Waals surface area (Å²) in [5.74, 6) is 1.64. The second-order valence-electron chi connectivity index (χ2n) is 11.2. The molecule has 0 bridgehead atoms. The molecule has 49 heavy (non-hydrogen) atoms. The molecule has 6 rings (SSSR count). The molecule has 6 aromatic carbocycles. The average Bonchev–Trinajstić information content (AvgIpc) is 3.11. The molecule has 6 aromatic rings. The number of halogens is 4. The molecule has 0 spiro atoms. The van der Waals surface area contributed by atoms with Gasteiger partial charge in [-0.05, 0) is 102 Å². The molecule has 246 valence electrons. The van der Waals surface area contributed by atoms with E-state index in [4.69, 9.17) is 9.73 Å². The van der Waals surface area contributed by atoms with Gasteiger partial charge in [0, 0.05) is 35.9 Å². The first-order valence-corrected chi connectivity index (χ1v) is 18.9. The van der Waals surface area contributed by atoms with E-state index in [1.54, 1.807) is 0 Å². The molecule has 0 saturated heterocycles. The Morgan fingerprint density at radius 1 is 0.510 bits per heavy atom. The van der Waals surface area contributed by atoms with Crippen molar-refractivity contribution >= 4 is 76.1 Å². The highest BCUT2D eigenvalue weighted by Gasteiger charge is 2.09. The van der Waals surface area contributed by atoms with Crippen LogP contribution in [0, 0.1) is 0 Å². The highest BCUT2D eigenvalue weighted by Crippen LogP contribution is 2.30. The van der Waals surface area contributed by atoms with Crippen molar-refractivity contribution in [1.29, 1.82) is 0 Å². The normalized spacial score (nSPS) is 12.4. The van der Waals surface area contributed by atoms with Crippen LogP contribution < -0.4 is 4.74 Å². The zero-order chi connectivity index (χ0) is 34.6. The van der Waals surface area contributed by atoms with Crippen LogP contribution in [0.3, 0.4) is 0 Å². The summed E-state index contributed by atoms with van der Waals surface area (Å²) >= 11 is 14.2. The zero-order valence-electron chi connectivity index (χ0n) is 27.0. The number of hydrogen-bond donors (Lipinski definition) is 0. The number of rotatable bonds is 9. The van der Waals surface area contributed by atoms with Crippen molar-refractivity contribution < 1.29 is 4.74 Å². The van der Waals surface area contributed by atoms with Gasteiger partial charge in [0.25, 0.3) is 0 Å². The first-order valence-electron chi connectivity index (χ1n) is 15.7. The van der Waals surface area contributed by atoms with Gasteiger partial charge in [-0.3, -0.25) is 9.98 Å². The number of ether oxygens (including phenoxy) is 1. The van der Waals surface area contributed by atoms with Gasteiger partial charge in [-0.15, -0.1) is 0 Å². The van der Waals surface area contributed by atoms with Gasteiger partial charge in [0.05, 0.1) is 12.1 Å². The van der Waals surface area contributed by atoms with Crippen LogP contribution in [-0.2, 0) is 0 Å². The Balaban J connectivity index is 0.000000191. The van der Waals surface area contributed by atoms with Gasteiger partial charge in [-0.1, -0.05) is 149 Å². The van der Waals surface area contributed by atoms with E-state index in [1.165, 1.54) is 16.7 Å². The lowest BCUT2D eigenvalue weighted by atomic mass is 10.0. The van der Waals surface area contributed by atoms with E-state index in [1.807, 2.05) is 97.4 Å². The summed E-state index contributed by atoms with van der Waals surface area (Å²) in [5.41, 5.74) is 6.90. The van der Waals surface area contributed by atoms with Gasteiger partial charge >= 0.3 is 0 Å². The lowest BCUT2D eigenvalue weighted by Gasteiger charge is -2.11. The third-order valence-electron chi connectivity index (χ3n) is 7.61. The summed E-state index contributed by atoms with van der Waals surface area (Å²) < 4.78 is 10.0. The molecular formula is C42H34Br4N2O. The minimum Gasteiger partial charge on any atom is -0.457 e. The molecule has 0 aliphatic carbocycles. The predicted molar refractivity (Wildman–Crippen MR) is 221 cm³/mol. The highest BCUT2D eigenvalue weighted by atomic mass is 79.9. The summed E-state index contributed by atoms with van der Waals surface area (Å²) in [4.78, 5) is 9.43. The van der Waals surface area contributed by atoms with E-state index >= 15 is 0 Å². The van der Waals surface area contributed by atoms with E-state index in [9.17, 15) is 0 Å². The van der Waals surface area contributed by atoms with E-state index in [2.05, 4.69) is 143 Å². The summed E-state index contributed by atoms with van der Waals surface area (Å²) in [6.07, 6.45) is 3.87. The number of aliphatic imine (C=N–C) groups is 2. The molecule has 0 radical (unpaired) electrons. The van der Waals surface area contributed by atoms with E-state index in [-0.39, 0.29) is 12.1 Å². The minimum atomic E-state index is 0.0720. The van der Waals surface area contributed by atoms with Crippen LogP contribution in [0.1, 0.15) is 48.2 Å². The maximum Gasteiger partial charge on any atom is 0.127 e. The number of para-hydroxylation sites is 1. The van der Waals surface area contributed by atoms with Gasteiger partial charge in [0.15, 0.2) is 0 Å². The summed E-state index contributed by atoms with van der Waals surface area (Å²) in [5, 5.41) is 0. The Hall–Kier alpha value is -3.62. The van der Waals surface area contributed by atoms with Crippen LogP contribution in [0.5, 0.6) is 11.5 Å². The van der Waals surface area contributed by atoms with Crippen LogP contribution >= 0.6 is 63.7 Å². The van der Waals surface area contributed by atoms with Gasteiger partial charge in [-0.2, -0.15) is 0 Å². The quantitative estimate of drug-likeness (QED) is 0.133. The smallest absolute Gasteiger partial charge is 0.127 e. The topological polar surface area (TPSA) is 34.0 Å². The zero-order valence-corrected chi connectivity index (χ0v) is 33.3. The van der Waals surface area contributed by atoms with Gasteiger partial charge in [0.1, 0.15) is 11.5 Å². The SMILES string of the molecule is CC(/N=C/c1ccc(Oc2ccccc2)cc1)c1ccc(Br)cc1Br.CC(/N=C/c1ccccc1-c1ccccc1)c1ccc(Br)cc1Br. The second-order valence-corrected chi connectivity index (χ2v) is 14.7. The summed E-state index contributed by atoms with van der Waals surface area (Å²) in [6, 6.07) is 48.9. The molecule has 0 aliphatic rings. The highest BCUT2D eigenvalue weighted by molar-refractivity contribution is 9.11. The fourth-order valence-corrected chi connectivity index (χ4v) is 7.72. The first kappa shape index (κ1) is 36.7. The Morgan fingerprint density at radius 3 is 1.57 bits per heavy atom. The van der Waals surface area contributed by atoms with E-state index < -0.39 is 0 Å². The van der Waals surface area contributed by atoms with Crippen molar-refractivity contribution in [3.63, 3.8) is 0 Å². The lowest BCUT2D eigenvalue weighted by Crippen LogP contribution is -1.94. The molecule has 0 heterocycles. The maximum atomic E-state index is 5.80. The second kappa shape index (κ2) is 18.4. The van der Waals surface area contributed by atoms with E-state index in [0.717, 1.165) is 46.1 Å². The Bertz CT molecular complexity index is 2010. The molecule has 0 fully saturated rings. The predicted octanol–water partition coefficient (Wildman–Crippen LogP) is 14.2. The van der Waals surface area contributed by atoms with Crippen LogP contribution in [0.25, 0.3) is 11.1 Å². The molecule has 2 unspecified atom stereocenters.